The van der Waals surface area contributed by atoms with Crippen molar-refractivity contribution in [1.29, 1.82) is 0 Å². The molecule has 0 N–H and O–H groups in total. The number of rotatable bonds is 6. The van der Waals surface area contributed by atoms with Crippen LogP contribution in [0.15, 0.2) is 33.1 Å². The van der Waals surface area contributed by atoms with E-state index in [1.807, 2.05) is 52.0 Å². The Morgan fingerprint density at radius 1 is 0.900 bits per heavy atom. The van der Waals surface area contributed by atoms with Gasteiger partial charge in [-0.25, -0.2) is 0 Å². The SMILES string of the molecule is Cc1ccc(CC(C)C(=O)C(C)Cc2ccc(C)o2)o1. The molecule has 0 saturated heterocycles. The lowest BCUT2D eigenvalue weighted by molar-refractivity contribution is -0.126. The van der Waals surface area contributed by atoms with Crippen molar-refractivity contribution in [2.24, 2.45) is 11.8 Å². The van der Waals surface area contributed by atoms with Gasteiger partial charge in [0.1, 0.15) is 28.8 Å². The van der Waals surface area contributed by atoms with E-state index in [0.29, 0.717) is 12.8 Å². The van der Waals surface area contributed by atoms with Crippen molar-refractivity contribution in [3.05, 3.63) is 47.3 Å². The summed E-state index contributed by atoms with van der Waals surface area (Å²) in [7, 11) is 0. The molecular formula is C17H22O3. The van der Waals surface area contributed by atoms with Crippen LogP contribution in [0, 0.1) is 25.7 Å². The van der Waals surface area contributed by atoms with E-state index in [1.165, 1.54) is 0 Å². The Hall–Kier alpha value is -1.77. The monoisotopic (exact) mass is 274 g/mol. The molecule has 108 valence electrons. The van der Waals surface area contributed by atoms with Gasteiger partial charge in [0.15, 0.2) is 0 Å². The van der Waals surface area contributed by atoms with Crippen LogP contribution in [0.1, 0.15) is 36.9 Å². The molecule has 0 radical (unpaired) electrons. The van der Waals surface area contributed by atoms with Gasteiger partial charge in [-0.05, 0) is 38.1 Å². The molecular weight excluding hydrogens is 252 g/mol. The Morgan fingerprint density at radius 3 is 1.60 bits per heavy atom. The molecule has 0 aliphatic rings. The molecule has 0 bridgehead atoms. The summed E-state index contributed by atoms with van der Waals surface area (Å²) in [5, 5.41) is 0. The lowest BCUT2D eigenvalue weighted by Gasteiger charge is -2.14. The molecule has 0 fully saturated rings. The van der Waals surface area contributed by atoms with Gasteiger partial charge in [0.25, 0.3) is 0 Å². The minimum Gasteiger partial charge on any atom is -0.466 e. The fourth-order valence-electron chi connectivity index (χ4n) is 2.48. The summed E-state index contributed by atoms with van der Waals surface area (Å²) in [6.45, 7) is 7.75. The van der Waals surface area contributed by atoms with Crippen LogP contribution in [-0.2, 0) is 17.6 Å². The molecule has 0 aromatic carbocycles. The summed E-state index contributed by atoms with van der Waals surface area (Å²) in [6, 6.07) is 7.75. The summed E-state index contributed by atoms with van der Waals surface area (Å²) in [5.41, 5.74) is 0. The first-order valence-corrected chi connectivity index (χ1v) is 7.10. The predicted molar refractivity (Wildman–Crippen MR) is 77.6 cm³/mol. The van der Waals surface area contributed by atoms with E-state index >= 15 is 0 Å². The quantitative estimate of drug-likeness (QED) is 0.796. The topological polar surface area (TPSA) is 43.4 Å². The van der Waals surface area contributed by atoms with Crippen LogP contribution in [0.2, 0.25) is 0 Å². The third kappa shape index (κ3) is 3.62. The van der Waals surface area contributed by atoms with E-state index in [-0.39, 0.29) is 17.6 Å². The van der Waals surface area contributed by atoms with E-state index in [9.17, 15) is 4.79 Å². The van der Waals surface area contributed by atoms with Crippen molar-refractivity contribution < 1.29 is 13.6 Å². The molecule has 2 atom stereocenters. The van der Waals surface area contributed by atoms with Gasteiger partial charge in [0.05, 0.1) is 0 Å². The number of hydrogen-bond donors (Lipinski definition) is 0. The van der Waals surface area contributed by atoms with Gasteiger partial charge in [-0.3, -0.25) is 4.79 Å². The standard InChI is InChI=1S/C17H22O3/c1-11(9-15-7-5-13(3)19-15)17(18)12(2)10-16-8-6-14(4)20-16/h5-8,11-12H,9-10H2,1-4H3. The highest BCUT2D eigenvalue weighted by Crippen LogP contribution is 2.19. The largest absolute Gasteiger partial charge is 0.466 e. The Morgan fingerprint density at radius 2 is 1.30 bits per heavy atom. The minimum absolute atomic E-state index is 0.0355. The maximum atomic E-state index is 12.4. The lowest BCUT2D eigenvalue weighted by Crippen LogP contribution is -2.22. The summed E-state index contributed by atoms with van der Waals surface area (Å²) in [5.74, 6) is 3.72. The second-order valence-corrected chi connectivity index (χ2v) is 5.64. The van der Waals surface area contributed by atoms with Gasteiger partial charge < -0.3 is 8.83 Å². The molecule has 0 amide bonds. The molecule has 2 rings (SSSR count). The third-order valence-electron chi connectivity index (χ3n) is 3.58. The van der Waals surface area contributed by atoms with Crippen molar-refractivity contribution in [2.45, 2.75) is 40.5 Å². The molecule has 2 heterocycles. The number of carbonyl (C=O) groups is 1. The van der Waals surface area contributed by atoms with Crippen LogP contribution in [0.3, 0.4) is 0 Å². The van der Waals surface area contributed by atoms with E-state index < -0.39 is 0 Å². The molecule has 20 heavy (non-hydrogen) atoms. The number of furan rings is 2. The van der Waals surface area contributed by atoms with Gasteiger partial charge in [-0.2, -0.15) is 0 Å². The maximum Gasteiger partial charge on any atom is 0.139 e. The van der Waals surface area contributed by atoms with Crippen LogP contribution < -0.4 is 0 Å². The first-order valence-electron chi connectivity index (χ1n) is 7.10. The highest BCUT2D eigenvalue weighted by Gasteiger charge is 2.22. The van der Waals surface area contributed by atoms with Gasteiger partial charge in [0.2, 0.25) is 0 Å². The third-order valence-corrected chi connectivity index (χ3v) is 3.58. The van der Waals surface area contributed by atoms with Crippen LogP contribution >= 0.6 is 0 Å². The molecule has 0 aliphatic carbocycles. The normalized spacial score (nSPS) is 14.2. The van der Waals surface area contributed by atoms with E-state index in [2.05, 4.69) is 0 Å². The summed E-state index contributed by atoms with van der Waals surface area (Å²) < 4.78 is 11.1. The Kier molecular flexibility index (Phi) is 4.48. The Labute approximate surface area is 120 Å². The minimum atomic E-state index is -0.0355. The van der Waals surface area contributed by atoms with Gasteiger partial charge in [-0.1, -0.05) is 13.8 Å². The molecule has 2 aromatic rings. The molecule has 2 aromatic heterocycles. The van der Waals surface area contributed by atoms with Crippen molar-refractivity contribution in [3.8, 4) is 0 Å². The van der Waals surface area contributed by atoms with Gasteiger partial charge in [0, 0.05) is 24.7 Å². The average molecular weight is 274 g/mol. The van der Waals surface area contributed by atoms with E-state index in [4.69, 9.17) is 8.83 Å². The van der Waals surface area contributed by atoms with Crippen molar-refractivity contribution in [2.75, 3.05) is 0 Å². The van der Waals surface area contributed by atoms with Crippen molar-refractivity contribution >= 4 is 5.78 Å². The Bertz CT molecular complexity index is 526. The molecule has 0 aliphatic heterocycles. The summed E-state index contributed by atoms with van der Waals surface area (Å²) in [4.78, 5) is 12.4. The molecule has 0 saturated carbocycles. The van der Waals surface area contributed by atoms with Crippen LogP contribution in [0.5, 0.6) is 0 Å². The fourth-order valence-corrected chi connectivity index (χ4v) is 2.48. The first kappa shape index (κ1) is 14.6. The van der Waals surface area contributed by atoms with Crippen LogP contribution in [-0.4, -0.2) is 5.78 Å². The second kappa shape index (κ2) is 6.12. The summed E-state index contributed by atoms with van der Waals surface area (Å²) in [6.07, 6.45) is 1.32. The van der Waals surface area contributed by atoms with Crippen LogP contribution in [0.4, 0.5) is 0 Å². The predicted octanol–water partition coefficient (Wildman–Crippen LogP) is 4.12. The second-order valence-electron chi connectivity index (χ2n) is 5.64. The first-order chi connectivity index (χ1) is 9.45. The number of aryl methyl sites for hydroxylation is 2. The maximum absolute atomic E-state index is 12.4. The average Bonchev–Trinajstić information content (AvgIpc) is 2.97. The highest BCUT2D eigenvalue weighted by molar-refractivity contribution is 5.83. The number of hydrogen-bond acceptors (Lipinski definition) is 3. The van der Waals surface area contributed by atoms with E-state index in [0.717, 1.165) is 23.0 Å². The number of ketones is 1. The van der Waals surface area contributed by atoms with Crippen LogP contribution in [0.25, 0.3) is 0 Å². The van der Waals surface area contributed by atoms with E-state index in [1.54, 1.807) is 0 Å². The number of carbonyl (C=O) groups excluding carboxylic acids is 1. The molecule has 3 heteroatoms. The lowest BCUT2D eigenvalue weighted by atomic mass is 9.89. The zero-order valence-corrected chi connectivity index (χ0v) is 12.6. The Balaban J connectivity index is 1.92. The summed E-state index contributed by atoms with van der Waals surface area (Å²) >= 11 is 0. The van der Waals surface area contributed by atoms with Gasteiger partial charge >= 0.3 is 0 Å². The molecule has 0 spiro atoms. The molecule has 2 unspecified atom stereocenters. The van der Waals surface area contributed by atoms with Crippen molar-refractivity contribution in [3.63, 3.8) is 0 Å². The fraction of sp³-hybridized carbons (Fsp3) is 0.471. The highest BCUT2D eigenvalue weighted by atomic mass is 16.3. The number of Topliss-reactive ketones (excluding diaryl/α,β-unsaturated/α-hetero) is 1. The zero-order chi connectivity index (χ0) is 14.7. The van der Waals surface area contributed by atoms with Gasteiger partial charge in [-0.15, -0.1) is 0 Å². The smallest absolute Gasteiger partial charge is 0.139 e. The zero-order valence-electron chi connectivity index (χ0n) is 12.6. The van der Waals surface area contributed by atoms with Crippen molar-refractivity contribution in [1.82, 2.24) is 0 Å². The molecule has 3 nitrogen and oxygen atoms in total.